The average molecular weight is 376 g/mol. The van der Waals surface area contributed by atoms with Crippen LogP contribution in [-0.4, -0.2) is 31.5 Å². The van der Waals surface area contributed by atoms with Crippen LogP contribution in [0.25, 0.3) is 0 Å². The summed E-state index contributed by atoms with van der Waals surface area (Å²) >= 11 is 0. The minimum absolute atomic E-state index is 0.245. The zero-order chi connectivity index (χ0) is 19.8. The Bertz CT molecular complexity index is 633. The highest BCUT2D eigenvalue weighted by Gasteiger charge is 2.24. The number of esters is 1. The molecule has 1 aromatic rings. The quantitative estimate of drug-likeness (QED) is 0.240. The lowest BCUT2D eigenvalue weighted by Crippen LogP contribution is -2.22. The zero-order valence-corrected chi connectivity index (χ0v) is 17.1. The third-order valence-corrected chi connectivity index (χ3v) is 5.48. The summed E-state index contributed by atoms with van der Waals surface area (Å²) < 4.78 is 19.9. The fourth-order valence-corrected chi connectivity index (χ4v) is 3.97. The molecule has 0 atom stereocenters. The molecule has 0 aromatic heterocycles. The third kappa shape index (κ3) is 6.76. The van der Waals surface area contributed by atoms with Crippen LogP contribution >= 0.6 is 0 Å². The number of likely N-dealkylation sites (N-methyl/N-ethyl adjacent to an activating group) is 1. The number of carbonyl (C=O) groups is 1. The molecule has 1 aliphatic rings. The first-order chi connectivity index (χ1) is 12.9. The number of nitrogens with zero attached hydrogens (tertiary/aromatic N) is 1. The van der Waals surface area contributed by atoms with Crippen LogP contribution in [0.5, 0.6) is 5.75 Å². The van der Waals surface area contributed by atoms with Crippen molar-refractivity contribution in [1.29, 1.82) is 0 Å². The monoisotopic (exact) mass is 375 g/mol. The minimum Gasteiger partial charge on any atom is -0.423 e. The normalized spacial score (nSPS) is 19.9. The van der Waals surface area contributed by atoms with Crippen molar-refractivity contribution in [3.05, 3.63) is 41.7 Å². The molecule has 3 nitrogen and oxygen atoms in total. The molecule has 4 heteroatoms. The van der Waals surface area contributed by atoms with E-state index in [1.165, 1.54) is 44.6 Å². The Kier molecular flexibility index (Phi) is 8.49. The minimum atomic E-state index is -0.511. The molecule has 1 saturated carbocycles. The van der Waals surface area contributed by atoms with Crippen LogP contribution in [0.15, 0.2) is 30.4 Å². The van der Waals surface area contributed by atoms with Crippen molar-refractivity contribution in [1.82, 2.24) is 4.90 Å². The van der Waals surface area contributed by atoms with Gasteiger partial charge in [0.05, 0.1) is 0 Å². The Morgan fingerprint density at radius 3 is 2.52 bits per heavy atom. The average Bonchev–Trinajstić information content (AvgIpc) is 2.62. The number of unbranched alkanes of at least 4 members (excludes halogenated alkanes) is 2. The van der Waals surface area contributed by atoms with Crippen molar-refractivity contribution < 1.29 is 13.9 Å². The second-order valence-corrected chi connectivity index (χ2v) is 8.13. The highest BCUT2D eigenvalue weighted by Crippen LogP contribution is 2.39. The summed E-state index contributed by atoms with van der Waals surface area (Å²) in [7, 11) is 3.71. The summed E-state index contributed by atoms with van der Waals surface area (Å²) in [6.45, 7) is 6.38. The molecule has 0 heterocycles. The van der Waals surface area contributed by atoms with Gasteiger partial charge in [-0.25, -0.2) is 9.18 Å². The molecule has 2 rings (SSSR count). The number of carbonyl (C=O) groups excluding carboxylic acids is 1. The first kappa shape index (κ1) is 21.6. The highest BCUT2D eigenvalue weighted by atomic mass is 19.1. The lowest BCUT2D eigenvalue weighted by atomic mass is 9.77. The van der Waals surface area contributed by atoms with Crippen LogP contribution in [0, 0.1) is 11.7 Å². The Balaban J connectivity index is 1.89. The second kappa shape index (κ2) is 10.6. The van der Waals surface area contributed by atoms with Gasteiger partial charge in [0.15, 0.2) is 0 Å². The molecule has 1 aliphatic carbocycles. The van der Waals surface area contributed by atoms with Crippen molar-refractivity contribution in [2.45, 2.75) is 64.2 Å². The second-order valence-electron chi connectivity index (χ2n) is 8.13. The fourth-order valence-electron chi connectivity index (χ4n) is 3.97. The van der Waals surface area contributed by atoms with E-state index in [0.717, 1.165) is 24.3 Å². The number of benzene rings is 1. The molecule has 1 aromatic carbocycles. The summed E-state index contributed by atoms with van der Waals surface area (Å²) in [5.74, 6) is 0.547. The molecule has 0 unspecified atom stereocenters. The van der Waals surface area contributed by atoms with E-state index in [0.29, 0.717) is 12.1 Å². The Labute approximate surface area is 163 Å². The first-order valence-electron chi connectivity index (χ1n) is 10.2. The number of hydrogen-bond acceptors (Lipinski definition) is 3. The van der Waals surface area contributed by atoms with Gasteiger partial charge < -0.3 is 9.64 Å². The number of halogens is 1. The van der Waals surface area contributed by atoms with Crippen LogP contribution in [-0.2, 0) is 4.79 Å². The van der Waals surface area contributed by atoms with Crippen molar-refractivity contribution in [2.75, 3.05) is 20.6 Å². The third-order valence-electron chi connectivity index (χ3n) is 5.48. The van der Waals surface area contributed by atoms with Gasteiger partial charge in [0.2, 0.25) is 0 Å². The lowest BCUT2D eigenvalue weighted by molar-refractivity contribution is -0.130. The molecule has 1 fully saturated rings. The number of ether oxygens (including phenoxy) is 1. The molecule has 0 bridgehead atoms. The molecule has 150 valence electrons. The van der Waals surface area contributed by atoms with Crippen LogP contribution in [0.2, 0.25) is 0 Å². The van der Waals surface area contributed by atoms with Gasteiger partial charge in [-0.05, 0) is 63.2 Å². The van der Waals surface area contributed by atoms with Gasteiger partial charge in [0, 0.05) is 18.2 Å². The molecule has 0 radical (unpaired) electrons. The molecular weight excluding hydrogens is 341 g/mol. The largest absolute Gasteiger partial charge is 0.423 e. The molecule has 0 saturated heterocycles. The van der Waals surface area contributed by atoms with E-state index in [4.69, 9.17) is 4.74 Å². The van der Waals surface area contributed by atoms with E-state index < -0.39 is 5.97 Å². The summed E-state index contributed by atoms with van der Waals surface area (Å²) in [5, 5.41) is 0. The highest BCUT2D eigenvalue weighted by molar-refractivity contribution is 5.89. The summed E-state index contributed by atoms with van der Waals surface area (Å²) in [4.78, 5) is 13.9. The first-order valence-corrected chi connectivity index (χ1v) is 10.2. The topological polar surface area (TPSA) is 29.5 Å². The van der Waals surface area contributed by atoms with E-state index in [1.807, 2.05) is 19.0 Å². The van der Waals surface area contributed by atoms with Crippen molar-refractivity contribution in [2.24, 2.45) is 5.92 Å². The standard InChI is InChI=1S/C23H34FNO2/c1-5-6-7-8-18-9-11-19(12-10-18)21-14-13-20(15-22(21)24)27-23(26)17(2)16-25(3)4/h13-15,18-19H,2,5-12,16H2,1,3-4H3. The summed E-state index contributed by atoms with van der Waals surface area (Å²) in [6.07, 6.45) is 9.69. The van der Waals surface area contributed by atoms with E-state index >= 15 is 0 Å². The molecule has 0 N–H and O–H groups in total. The predicted molar refractivity (Wildman–Crippen MR) is 109 cm³/mol. The van der Waals surface area contributed by atoms with Gasteiger partial charge in [-0.2, -0.15) is 0 Å². The van der Waals surface area contributed by atoms with E-state index in [9.17, 15) is 9.18 Å². The van der Waals surface area contributed by atoms with Gasteiger partial charge in [-0.1, -0.05) is 45.3 Å². The summed E-state index contributed by atoms with van der Waals surface area (Å²) in [5.41, 5.74) is 1.11. The van der Waals surface area contributed by atoms with Crippen molar-refractivity contribution >= 4 is 5.97 Å². The fraction of sp³-hybridized carbons (Fsp3) is 0.609. The van der Waals surface area contributed by atoms with Crippen molar-refractivity contribution in [3.8, 4) is 5.75 Å². The molecule has 0 spiro atoms. The lowest BCUT2D eigenvalue weighted by Gasteiger charge is -2.29. The van der Waals surface area contributed by atoms with Gasteiger partial charge in [-0.3, -0.25) is 0 Å². The SMILES string of the molecule is C=C(CN(C)C)C(=O)Oc1ccc(C2CCC(CCCCC)CC2)c(F)c1. The van der Waals surface area contributed by atoms with Gasteiger partial charge in [-0.15, -0.1) is 0 Å². The molecule has 0 amide bonds. The van der Waals surface area contributed by atoms with Gasteiger partial charge in [0.1, 0.15) is 11.6 Å². The van der Waals surface area contributed by atoms with Crippen LogP contribution < -0.4 is 4.74 Å². The van der Waals surface area contributed by atoms with E-state index in [2.05, 4.69) is 13.5 Å². The molecule has 0 aliphatic heterocycles. The Hall–Kier alpha value is -1.68. The Morgan fingerprint density at radius 1 is 1.22 bits per heavy atom. The predicted octanol–water partition coefficient (Wildman–Crippen LogP) is 5.70. The molecule has 27 heavy (non-hydrogen) atoms. The summed E-state index contributed by atoms with van der Waals surface area (Å²) in [6, 6.07) is 4.82. The number of rotatable bonds is 9. The number of hydrogen-bond donors (Lipinski definition) is 0. The van der Waals surface area contributed by atoms with Crippen LogP contribution in [0.4, 0.5) is 4.39 Å². The maximum absolute atomic E-state index is 14.6. The maximum atomic E-state index is 14.6. The van der Waals surface area contributed by atoms with Gasteiger partial charge in [0.25, 0.3) is 0 Å². The Morgan fingerprint density at radius 2 is 1.93 bits per heavy atom. The molecular formula is C23H34FNO2. The maximum Gasteiger partial charge on any atom is 0.340 e. The van der Waals surface area contributed by atoms with Crippen LogP contribution in [0.3, 0.4) is 0 Å². The van der Waals surface area contributed by atoms with Crippen LogP contribution in [0.1, 0.15) is 69.8 Å². The zero-order valence-electron chi connectivity index (χ0n) is 17.1. The van der Waals surface area contributed by atoms with E-state index in [-0.39, 0.29) is 17.5 Å². The van der Waals surface area contributed by atoms with Crippen molar-refractivity contribution in [3.63, 3.8) is 0 Å². The smallest absolute Gasteiger partial charge is 0.340 e. The van der Waals surface area contributed by atoms with Gasteiger partial charge >= 0.3 is 5.97 Å². The van der Waals surface area contributed by atoms with E-state index in [1.54, 1.807) is 12.1 Å².